The molecular weight excluding hydrogens is 634 g/mol. The summed E-state index contributed by atoms with van der Waals surface area (Å²) in [5, 5.41) is 18.7. The Kier molecular flexibility index (Phi) is 15.0. The molecule has 1 fully saturated rings. The van der Waals surface area contributed by atoms with E-state index >= 15 is 0 Å². The van der Waals surface area contributed by atoms with Crippen molar-refractivity contribution in [2.24, 2.45) is 0 Å². The third-order valence-electron chi connectivity index (χ3n) is 8.24. The van der Waals surface area contributed by atoms with E-state index in [0.29, 0.717) is 81.0 Å². The fourth-order valence-corrected chi connectivity index (χ4v) is 5.87. The fraction of sp³-hybridized carbons (Fsp3) is 0.588. The normalized spacial score (nSPS) is 15.7. The molecule has 1 aliphatic heterocycles. The quantitative estimate of drug-likeness (QED) is 0.161. The molecule has 1 atom stereocenters. The van der Waals surface area contributed by atoms with Gasteiger partial charge in [0.05, 0.1) is 59.8 Å². The number of halogens is 2. The number of aromatic carboxylic acids is 1. The first-order valence-corrected chi connectivity index (χ1v) is 15.9. The number of rotatable bonds is 19. The number of nitrogens with zero attached hydrogens (tertiary/aromatic N) is 2. The number of carboxylic acid groups (broad SMARTS) is 1. The van der Waals surface area contributed by atoms with Gasteiger partial charge in [-0.05, 0) is 68.4 Å². The number of unbranched alkanes of at least 4 members (excludes halogenated alkanes) is 1. The lowest BCUT2D eigenvalue weighted by atomic mass is 10.0. The Morgan fingerprint density at radius 1 is 0.771 bits per heavy atom. The zero-order chi connectivity index (χ0) is 35.3. The third kappa shape index (κ3) is 10.8. The molecule has 2 aromatic rings. The van der Waals surface area contributed by atoms with E-state index in [1.165, 1.54) is 53.7 Å². The topological polar surface area (TPSA) is 136 Å². The van der Waals surface area contributed by atoms with E-state index < -0.39 is 30.5 Å². The summed E-state index contributed by atoms with van der Waals surface area (Å²) in [6.07, 6.45) is 2.21. The van der Waals surface area contributed by atoms with E-state index in [0.717, 1.165) is 0 Å². The molecule has 14 heteroatoms. The van der Waals surface area contributed by atoms with Crippen LogP contribution in [0.4, 0.5) is 8.78 Å². The van der Waals surface area contributed by atoms with Crippen LogP contribution in [0.3, 0.4) is 0 Å². The average molecular weight is 683 g/mol. The highest BCUT2D eigenvalue weighted by atomic mass is 19.3. The maximum absolute atomic E-state index is 14.8. The number of aryl methyl sites for hydroxylation is 1. The van der Waals surface area contributed by atoms with Gasteiger partial charge in [-0.2, -0.15) is 0 Å². The molecule has 1 unspecified atom stereocenters. The van der Waals surface area contributed by atoms with Crippen LogP contribution in [-0.2, 0) is 11.2 Å². The number of carbonyl (C=O) groups excluding carboxylic acids is 1. The number of benzene rings is 2. The lowest BCUT2D eigenvalue weighted by molar-refractivity contribution is -0.0404. The Labute approximate surface area is 280 Å². The summed E-state index contributed by atoms with van der Waals surface area (Å²) in [5.41, 5.74) is 0.916. The summed E-state index contributed by atoms with van der Waals surface area (Å²) in [5.74, 6) is -3.00. The highest BCUT2D eigenvalue weighted by Crippen LogP contribution is 2.39. The van der Waals surface area contributed by atoms with Crippen molar-refractivity contribution in [1.29, 1.82) is 0 Å². The van der Waals surface area contributed by atoms with E-state index in [2.05, 4.69) is 0 Å². The van der Waals surface area contributed by atoms with Crippen LogP contribution in [-0.4, -0.2) is 125 Å². The second-order valence-electron chi connectivity index (χ2n) is 11.6. The lowest BCUT2D eigenvalue weighted by Crippen LogP contribution is -2.40. The monoisotopic (exact) mass is 682 g/mol. The van der Waals surface area contributed by atoms with Crippen LogP contribution < -0.4 is 23.7 Å². The number of hydrogen-bond acceptors (Lipinski definition) is 11. The summed E-state index contributed by atoms with van der Waals surface area (Å²) >= 11 is 0. The van der Waals surface area contributed by atoms with Crippen molar-refractivity contribution >= 4 is 11.9 Å². The molecule has 0 aliphatic carbocycles. The van der Waals surface area contributed by atoms with Gasteiger partial charge in [-0.3, -0.25) is 9.80 Å². The second-order valence-corrected chi connectivity index (χ2v) is 11.6. The standard InChI is InChI=1S/C34H48F2N2O10/c1-43-27-18-24(32(40)41)17-23(30(27)46-4)9-6-7-10-26(11-13-38-15-14-37(12-8-16-39)21-34(35,36)22-38)48-33(42)25-19-28(44-2)31(47-5)29(20-25)45-3/h17-20,26,39H,6-16,21-22H2,1-5H3,(H,40,41). The van der Waals surface area contributed by atoms with E-state index in [1.807, 2.05) is 0 Å². The highest BCUT2D eigenvalue weighted by Gasteiger charge is 2.37. The number of hydrogen-bond donors (Lipinski definition) is 2. The molecule has 12 nitrogen and oxygen atoms in total. The number of esters is 1. The van der Waals surface area contributed by atoms with Crippen molar-refractivity contribution < 1.29 is 57.0 Å². The van der Waals surface area contributed by atoms with Crippen molar-refractivity contribution in [3.05, 3.63) is 41.0 Å². The molecule has 48 heavy (non-hydrogen) atoms. The SMILES string of the molecule is COc1cc(C(=O)O)cc(CCCCC(CCN2CCN(CCCO)CC(F)(F)C2)OC(=O)c2cc(OC)c(OC)c(OC)c2)c1OC. The maximum atomic E-state index is 14.8. The van der Waals surface area contributed by atoms with Crippen LogP contribution in [0.25, 0.3) is 0 Å². The van der Waals surface area contributed by atoms with Gasteiger partial charge in [-0.15, -0.1) is 0 Å². The van der Waals surface area contributed by atoms with Gasteiger partial charge >= 0.3 is 11.9 Å². The molecule has 0 spiro atoms. The van der Waals surface area contributed by atoms with Gasteiger partial charge in [-0.25, -0.2) is 18.4 Å². The van der Waals surface area contributed by atoms with Crippen molar-refractivity contribution in [2.45, 2.75) is 50.6 Å². The number of carboxylic acids is 1. The molecule has 0 saturated carbocycles. The van der Waals surface area contributed by atoms with Crippen molar-refractivity contribution in [3.63, 3.8) is 0 Å². The first-order chi connectivity index (χ1) is 23.0. The Hall–Kier alpha value is -3.88. The van der Waals surface area contributed by atoms with Crippen LogP contribution in [0, 0.1) is 0 Å². The number of methoxy groups -OCH3 is 5. The van der Waals surface area contributed by atoms with E-state index in [-0.39, 0.29) is 42.3 Å². The smallest absolute Gasteiger partial charge is 0.338 e. The Balaban J connectivity index is 1.76. The van der Waals surface area contributed by atoms with Gasteiger partial charge < -0.3 is 38.6 Å². The Morgan fingerprint density at radius 2 is 1.33 bits per heavy atom. The molecule has 0 radical (unpaired) electrons. The number of aliphatic hydroxyl groups is 1. The van der Waals surface area contributed by atoms with Crippen LogP contribution >= 0.6 is 0 Å². The second kappa shape index (κ2) is 18.6. The minimum absolute atomic E-state index is 0.0594. The number of ether oxygens (including phenoxy) is 6. The summed E-state index contributed by atoms with van der Waals surface area (Å²) < 4.78 is 62.6. The van der Waals surface area contributed by atoms with Crippen LogP contribution in [0.15, 0.2) is 24.3 Å². The molecule has 268 valence electrons. The maximum Gasteiger partial charge on any atom is 0.338 e. The fourth-order valence-electron chi connectivity index (χ4n) is 5.87. The molecule has 1 aliphatic rings. The molecule has 0 amide bonds. The van der Waals surface area contributed by atoms with Crippen LogP contribution in [0.2, 0.25) is 0 Å². The average Bonchev–Trinajstić information content (AvgIpc) is 3.22. The van der Waals surface area contributed by atoms with Gasteiger partial charge in [0.2, 0.25) is 5.75 Å². The molecule has 1 saturated heterocycles. The summed E-state index contributed by atoms with van der Waals surface area (Å²) in [6, 6.07) is 5.94. The molecule has 3 rings (SSSR count). The number of carbonyl (C=O) groups is 2. The molecule has 0 aromatic heterocycles. The van der Waals surface area contributed by atoms with E-state index in [1.54, 1.807) is 15.9 Å². The first-order valence-electron chi connectivity index (χ1n) is 15.9. The van der Waals surface area contributed by atoms with Crippen LogP contribution in [0.1, 0.15) is 58.4 Å². The number of alkyl halides is 2. The Bertz CT molecular complexity index is 1330. The predicted molar refractivity (Wildman–Crippen MR) is 174 cm³/mol. The minimum Gasteiger partial charge on any atom is -0.493 e. The lowest BCUT2D eigenvalue weighted by Gasteiger charge is -2.26. The zero-order valence-corrected chi connectivity index (χ0v) is 28.4. The predicted octanol–water partition coefficient (Wildman–Crippen LogP) is 4.39. The van der Waals surface area contributed by atoms with Gasteiger partial charge in [0, 0.05) is 32.8 Å². The largest absolute Gasteiger partial charge is 0.493 e. The molecule has 2 aromatic carbocycles. The van der Waals surface area contributed by atoms with Crippen molar-refractivity contribution in [1.82, 2.24) is 9.80 Å². The molecular formula is C34H48F2N2O10. The van der Waals surface area contributed by atoms with E-state index in [9.17, 15) is 23.5 Å². The summed E-state index contributed by atoms with van der Waals surface area (Å²) in [6.45, 7) is 0.666. The zero-order valence-electron chi connectivity index (χ0n) is 28.4. The third-order valence-corrected chi connectivity index (χ3v) is 8.24. The van der Waals surface area contributed by atoms with Crippen molar-refractivity contribution in [2.75, 3.05) is 81.4 Å². The molecule has 1 heterocycles. The molecule has 2 N–H and O–H groups in total. The minimum atomic E-state index is -2.93. The summed E-state index contributed by atoms with van der Waals surface area (Å²) in [7, 11) is 7.25. The van der Waals surface area contributed by atoms with Gasteiger partial charge in [0.25, 0.3) is 5.92 Å². The van der Waals surface area contributed by atoms with Crippen molar-refractivity contribution in [3.8, 4) is 28.7 Å². The van der Waals surface area contributed by atoms with E-state index in [4.69, 9.17) is 33.5 Å². The summed E-state index contributed by atoms with van der Waals surface area (Å²) in [4.78, 5) is 28.5. The van der Waals surface area contributed by atoms with Gasteiger partial charge in [0.1, 0.15) is 6.10 Å². The van der Waals surface area contributed by atoms with Crippen LogP contribution in [0.5, 0.6) is 28.7 Å². The van der Waals surface area contributed by atoms with Gasteiger partial charge in [-0.1, -0.05) is 0 Å². The highest BCUT2D eigenvalue weighted by molar-refractivity contribution is 5.91. The first kappa shape index (κ1) is 38.6. The molecule has 0 bridgehead atoms. The Morgan fingerprint density at radius 3 is 1.88 bits per heavy atom. The number of aliphatic hydroxyl groups excluding tert-OH is 1. The van der Waals surface area contributed by atoms with Gasteiger partial charge in [0.15, 0.2) is 23.0 Å².